The van der Waals surface area contributed by atoms with E-state index in [2.05, 4.69) is 26.8 Å². The van der Waals surface area contributed by atoms with Crippen LogP contribution in [0.1, 0.15) is 48.9 Å². The lowest BCUT2D eigenvalue weighted by atomic mass is 9.99. The van der Waals surface area contributed by atoms with E-state index in [4.69, 9.17) is 14.5 Å². The van der Waals surface area contributed by atoms with Crippen LogP contribution >= 0.6 is 0 Å². The lowest BCUT2D eigenvalue weighted by Crippen LogP contribution is -2.42. The third-order valence-electron chi connectivity index (χ3n) is 8.92. The van der Waals surface area contributed by atoms with Crippen molar-refractivity contribution in [2.24, 2.45) is 0 Å². The monoisotopic (exact) mass is 528 g/mol. The molecule has 7 rings (SSSR count). The summed E-state index contributed by atoms with van der Waals surface area (Å²) in [4.78, 5) is 26.1. The first-order valence-electron chi connectivity index (χ1n) is 14.4. The second-order valence-corrected chi connectivity index (χ2v) is 11.3. The first-order valence-corrected chi connectivity index (χ1v) is 14.4. The van der Waals surface area contributed by atoms with Gasteiger partial charge in [-0.1, -0.05) is 12.1 Å². The standard InChI is InChI=1S/C31H36N4O4/c36-19-24-6-4-13-34(24)30-17-26(31(37)35-14-3-5-23(35)18-33-11-1-2-12-33)25-15-21(7-9-27(25)32-30)22-8-10-28-29(16-22)39-20-38-28/h7-10,15-17,23-24,36H,1-6,11-14,18-20H2/t23-,24-/m0/s1. The van der Waals surface area contributed by atoms with Gasteiger partial charge >= 0.3 is 0 Å². The van der Waals surface area contributed by atoms with E-state index in [0.717, 1.165) is 97.8 Å². The van der Waals surface area contributed by atoms with Crippen molar-refractivity contribution >= 4 is 22.6 Å². The molecule has 1 amide bonds. The highest BCUT2D eigenvalue weighted by Crippen LogP contribution is 2.38. The molecule has 1 N–H and O–H groups in total. The molecule has 2 atom stereocenters. The Morgan fingerprint density at radius 1 is 0.872 bits per heavy atom. The molecule has 2 aromatic carbocycles. The fourth-order valence-electron chi connectivity index (χ4n) is 6.83. The van der Waals surface area contributed by atoms with E-state index in [1.165, 1.54) is 12.8 Å². The number of amides is 1. The maximum atomic E-state index is 14.3. The number of benzene rings is 2. The number of likely N-dealkylation sites (tertiary alicyclic amines) is 2. The predicted octanol–water partition coefficient (Wildman–Crippen LogP) is 4.29. The van der Waals surface area contributed by atoms with Crippen molar-refractivity contribution in [2.45, 2.75) is 50.6 Å². The minimum absolute atomic E-state index is 0.0421. The molecule has 3 aromatic rings. The van der Waals surface area contributed by atoms with Gasteiger partial charge in [-0.3, -0.25) is 4.79 Å². The van der Waals surface area contributed by atoms with Crippen molar-refractivity contribution in [3.05, 3.63) is 48.0 Å². The zero-order valence-corrected chi connectivity index (χ0v) is 22.3. The Morgan fingerprint density at radius 3 is 2.51 bits per heavy atom. The number of ether oxygens (including phenoxy) is 2. The van der Waals surface area contributed by atoms with Gasteiger partial charge in [0.25, 0.3) is 5.91 Å². The van der Waals surface area contributed by atoms with E-state index >= 15 is 0 Å². The van der Waals surface area contributed by atoms with Crippen molar-refractivity contribution in [1.82, 2.24) is 14.8 Å². The van der Waals surface area contributed by atoms with Gasteiger partial charge in [-0.2, -0.15) is 0 Å². The molecule has 0 radical (unpaired) electrons. The molecule has 1 aromatic heterocycles. The number of hydrogen-bond acceptors (Lipinski definition) is 7. The highest BCUT2D eigenvalue weighted by Gasteiger charge is 2.33. The van der Waals surface area contributed by atoms with Crippen LogP contribution in [0.4, 0.5) is 5.82 Å². The van der Waals surface area contributed by atoms with E-state index in [1.807, 2.05) is 30.3 Å². The van der Waals surface area contributed by atoms with Crippen LogP contribution in [0.2, 0.25) is 0 Å². The number of carbonyl (C=O) groups is 1. The Labute approximate surface area is 229 Å². The summed E-state index contributed by atoms with van der Waals surface area (Å²) in [5, 5.41) is 10.9. The van der Waals surface area contributed by atoms with Crippen LogP contribution in [0.15, 0.2) is 42.5 Å². The predicted molar refractivity (Wildman–Crippen MR) is 150 cm³/mol. The van der Waals surface area contributed by atoms with Crippen molar-refractivity contribution in [3.8, 4) is 22.6 Å². The van der Waals surface area contributed by atoms with Gasteiger partial charge < -0.3 is 29.3 Å². The minimum Gasteiger partial charge on any atom is -0.454 e. The van der Waals surface area contributed by atoms with Crippen LogP contribution in [0.25, 0.3) is 22.0 Å². The molecule has 0 saturated carbocycles. The number of hydrogen-bond donors (Lipinski definition) is 1. The average molecular weight is 529 g/mol. The SMILES string of the molecule is O=C(c1cc(N2CCC[C@H]2CO)nc2ccc(-c3ccc4c(c3)OCO4)cc12)N1CCC[C@H]1CN1CCCC1. The van der Waals surface area contributed by atoms with Gasteiger partial charge in [-0.25, -0.2) is 4.98 Å². The van der Waals surface area contributed by atoms with Gasteiger partial charge in [0, 0.05) is 31.1 Å². The number of fused-ring (bicyclic) bond motifs is 2. The maximum Gasteiger partial charge on any atom is 0.254 e. The fraction of sp³-hybridized carbons (Fsp3) is 0.484. The van der Waals surface area contributed by atoms with Crippen molar-refractivity contribution < 1.29 is 19.4 Å². The van der Waals surface area contributed by atoms with Gasteiger partial charge in [0.05, 0.1) is 23.7 Å². The molecular formula is C31H36N4O4. The molecule has 3 saturated heterocycles. The second-order valence-electron chi connectivity index (χ2n) is 11.3. The summed E-state index contributed by atoms with van der Waals surface area (Å²) in [6.07, 6.45) is 6.56. The summed E-state index contributed by atoms with van der Waals surface area (Å²) >= 11 is 0. The number of aliphatic hydroxyl groups is 1. The number of anilines is 1. The Hall–Kier alpha value is -3.36. The molecule has 3 fully saturated rings. The molecule has 0 aliphatic carbocycles. The molecule has 39 heavy (non-hydrogen) atoms. The Kier molecular flexibility index (Phi) is 6.52. The summed E-state index contributed by atoms with van der Waals surface area (Å²) in [7, 11) is 0. The van der Waals surface area contributed by atoms with E-state index in [-0.39, 0.29) is 31.4 Å². The van der Waals surface area contributed by atoms with Gasteiger partial charge in [-0.05, 0) is 93.1 Å². The number of rotatable bonds is 6. The summed E-state index contributed by atoms with van der Waals surface area (Å²) < 4.78 is 11.1. The molecule has 4 aliphatic heterocycles. The first kappa shape index (κ1) is 24.7. The van der Waals surface area contributed by atoms with Gasteiger partial charge in [0.2, 0.25) is 6.79 Å². The average Bonchev–Trinajstić information content (AvgIpc) is 3.79. The summed E-state index contributed by atoms with van der Waals surface area (Å²) in [6.45, 7) is 5.20. The molecule has 5 heterocycles. The summed E-state index contributed by atoms with van der Waals surface area (Å²) in [5.74, 6) is 2.37. The van der Waals surface area contributed by atoms with E-state index in [1.54, 1.807) is 0 Å². The number of pyridine rings is 1. The third kappa shape index (κ3) is 4.59. The van der Waals surface area contributed by atoms with Crippen LogP contribution in [0.5, 0.6) is 11.5 Å². The highest BCUT2D eigenvalue weighted by molar-refractivity contribution is 6.08. The molecule has 0 unspecified atom stereocenters. The van der Waals surface area contributed by atoms with E-state index in [0.29, 0.717) is 5.56 Å². The molecule has 4 aliphatic rings. The largest absolute Gasteiger partial charge is 0.454 e. The molecule has 0 spiro atoms. The molecule has 8 heteroatoms. The van der Waals surface area contributed by atoms with Crippen molar-refractivity contribution in [1.29, 1.82) is 0 Å². The Bertz CT molecular complexity index is 1390. The van der Waals surface area contributed by atoms with Gasteiger partial charge in [0.15, 0.2) is 11.5 Å². The van der Waals surface area contributed by atoms with Crippen LogP contribution < -0.4 is 14.4 Å². The summed E-state index contributed by atoms with van der Waals surface area (Å²) in [6, 6.07) is 14.4. The zero-order chi connectivity index (χ0) is 26.3. The molecular weight excluding hydrogens is 492 g/mol. The molecule has 204 valence electrons. The maximum absolute atomic E-state index is 14.3. The first-order chi connectivity index (χ1) is 19.2. The van der Waals surface area contributed by atoms with Crippen LogP contribution in [0.3, 0.4) is 0 Å². The number of aliphatic hydroxyl groups excluding tert-OH is 1. The molecule has 0 bridgehead atoms. The topological polar surface area (TPSA) is 78.4 Å². The number of nitrogens with zero attached hydrogens (tertiary/aromatic N) is 4. The van der Waals surface area contributed by atoms with Gasteiger partial charge in [0.1, 0.15) is 5.82 Å². The normalized spacial score (nSPS) is 22.9. The van der Waals surface area contributed by atoms with Crippen LogP contribution in [-0.4, -0.2) is 84.0 Å². The summed E-state index contributed by atoms with van der Waals surface area (Å²) in [5.41, 5.74) is 3.53. The van der Waals surface area contributed by atoms with Crippen molar-refractivity contribution in [3.63, 3.8) is 0 Å². The van der Waals surface area contributed by atoms with Crippen LogP contribution in [-0.2, 0) is 0 Å². The third-order valence-corrected chi connectivity index (χ3v) is 8.92. The van der Waals surface area contributed by atoms with Crippen LogP contribution in [0, 0.1) is 0 Å². The van der Waals surface area contributed by atoms with Crippen molar-refractivity contribution in [2.75, 3.05) is 51.0 Å². The highest BCUT2D eigenvalue weighted by atomic mass is 16.7. The second kappa shape index (κ2) is 10.3. The lowest BCUT2D eigenvalue weighted by molar-refractivity contribution is 0.0710. The fourth-order valence-corrected chi connectivity index (χ4v) is 6.83. The quantitative estimate of drug-likeness (QED) is 0.511. The number of aromatic nitrogens is 1. The minimum atomic E-state index is 0.0421. The Balaban J connectivity index is 1.29. The van der Waals surface area contributed by atoms with E-state index < -0.39 is 0 Å². The van der Waals surface area contributed by atoms with Gasteiger partial charge in [-0.15, -0.1) is 0 Å². The smallest absolute Gasteiger partial charge is 0.254 e. The number of carbonyl (C=O) groups excluding carboxylic acids is 1. The van der Waals surface area contributed by atoms with E-state index in [9.17, 15) is 9.90 Å². The molecule has 8 nitrogen and oxygen atoms in total. The Morgan fingerprint density at radius 2 is 1.64 bits per heavy atom. The lowest BCUT2D eigenvalue weighted by Gasteiger charge is -2.30. The zero-order valence-electron chi connectivity index (χ0n) is 22.3.